The molecule has 6 heteroatoms. The van der Waals surface area contributed by atoms with Crippen molar-refractivity contribution in [3.05, 3.63) is 48.6 Å². The zero-order valence-electron chi connectivity index (χ0n) is 16.7. The van der Waals surface area contributed by atoms with Crippen molar-refractivity contribution in [2.45, 2.75) is 70.8 Å². The summed E-state index contributed by atoms with van der Waals surface area (Å²) in [4.78, 5) is 23.7. The lowest BCUT2D eigenvalue weighted by atomic mass is 9.91. The number of carbonyl (C=O) groups excluding carboxylic acids is 1. The van der Waals surface area contributed by atoms with Gasteiger partial charge in [-0.25, -0.2) is 9.59 Å². The van der Waals surface area contributed by atoms with E-state index in [4.69, 9.17) is 9.47 Å². The number of carboxylic acid groups (broad SMARTS) is 1. The van der Waals surface area contributed by atoms with E-state index in [1.54, 1.807) is 26.8 Å². The fraction of sp³-hybridized carbons (Fsp3) is 0.524. The van der Waals surface area contributed by atoms with E-state index in [9.17, 15) is 14.7 Å². The van der Waals surface area contributed by atoms with Crippen LogP contribution in [0.15, 0.2) is 43.0 Å². The van der Waals surface area contributed by atoms with E-state index in [-0.39, 0.29) is 6.42 Å². The number of hydrogen-bond donors (Lipinski definition) is 2. The highest BCUT2D eigenvalue weighted by molar-refractivity contribution is 5.80. The SMILES string of the molecule is C=CCC[C@@](C)(CC(NC(=O)OC(C)(C)C)C(=O)O)OCc1ccccc1. The number of hydrogen-bond acceptors (Lipinski definition) is 4. The van der Waals surface area contributed by atoms with Crippen molar-refractivity contribution in [3.63, 3.8) is 0 Å². The number of carbonyl (C=O) groups is 2. The number of nitrogens with one attached hydrogen (secondary N) is 1. The van der Waals surface area contributed by atoms with E-state index in [0.29, 0.717) is 19.4 Å². The fourth-order valence-electron chi connectivity index (χ4n) is 2.55. The Hall–Kier alpha value is -2.34. The van der Waals surface area contributed by atoms with Gasteiger partial charge in [-0.3, -0.25) is 0 Å². The number of carboxylic acids is 1. The van der Waals surface area contributed by atoms with Crippen LogP contribution in [0, 0.1) is 0 Å². The molecule has 6 nitrogen and oxygen atoms in total. The summed E-state index contributed by atoms with van der Waals surface area (Å²) in [6, 6.07) is 8.54. The van der Waals surface area contributed by atoms with Gasteiger partial charge < -0.3 is 19.9 Å². The van der Waals surface area contributed by atoms with E-state index < -0.39 is 29.3 Å². The van der Waals surface area contributed by atoms with Crippen LogP contribution in [-0.4, -0.2) is 34.4 Å². The van der Waals surface area contributed by atoms with Crippen molar-refractivity contribution < 1.29 is 24.2 Å². The van der Waals surface area contributed by atoms with E-state index in [1.165, 1.54) is 0 Å². The quantitative estimate of drug-likeness (QED) is 0.594. The van der Waals surface area contributed by atoms with Gasteiger partial charge in [0.1, 0.15) is 11.6 Å². The monoisotopic (exact) mass is 377 g/mol. The summed E-state index contributed by atoms with van der Waals surface area (Å²) in [6.07, 6.45) is 2.38. The van der Waals surface area contributed by atoms with Gasteiger partial charge in [0.25, 0.3) is 0 Å². The Labute approximate surface area is 161 Å². The van der Waals surface area contributed by atoms with Gasteiger partial charge in [0.15, 0.2) is 0 Å². The van der Waals surface area contributed by atoms with Gasteiger partial charge in [-0.05, 0) is 46.1 Å². The Morgan fingerprint density at radius 1 is 1.22 bits per heavy atom. The maximum absolute atomic E-state index is 12.0. The molecule has 0 radical (unpaired) electrons. The summed E-state index contributed by atoms with van der Waals surface area (Å²) >= 11 is 0. The fourth-order valence-corrected chi connectivity index (χ4v) is 2.55. The minimum absolute atomic E-state index is 0.113. The second-order valence-corrected chi connectivity index (χ2v) is 7.79. The predicted molar refractivity (Wildman–Crippen MR) is 104 cm³/mol. The Morgan fingerprint density at radius 2 is 1.85 bits per heavy atom. The van der Waals surface area contributed by atoms with Crippen LogP contribution in [0.1, 0.15) is 52.5 Å². The molecule has 0 aliphatic rings. The number of aliphatic carboxylic acids is 1. The first-order valence-electron chi connectivity index (χ1n) is 9.06. The second-order valence-electron chi connectivity index (χ2n) is 7.79. The first-order valence-corrected chi connectivity index (χ1v) is 9.06. The minimum atomic E-state index is -1.13. The minimum Gasteiger partial charge on any atom is -0.480 e. The van der Waals surface area contributed by atoms with Crippen LogP contribution in [0.3, 0.4) is 0 Å². The molecule has 27 heavy (non-hydrogen) atoms. The Balaban J connectivity index is 2.83. The van der Waals surface area contributed by atoms with E-state index in [2.05, 4.69) is 11.9 Å². The molecule has 2 N–H and O–H groups in total. The molecule has 1 amide bonds. The molecule has 1 rings (SSSR count). The first kappa shape index (κ1) is 22.7. The van der Waals surface area contributed by atoms with Crippen LogP contribution in [-0.2, 0) is 20.9 Å². The van der Waals surface area contributed by atoms with Gasteiger partial charge in [0.05, 0.1) is 12.2 Å². The van der Waals surface area contributed by atoms with Crippen molar-refractivity contribution in [2.24, 2.45) is 0 Å². The summed E-state index contributed by atoms with van der Waals surface area (Å²) in [7, 11) is 0. The highest BCUT2D eigenvalue weighted by atomic mass is 16.6. The molecule has 150 valence electrons. The molecule has 0 spiro atoms. The second kappa shape index (κ2) is 10.1. The highest BCUT2D eigenvalue weighted by Gasteiger charge is 2.34. The summed E-state index contributed by atoms with van der Waals surface area (Å²) in [6.45, 7) is 11.1. The Bertz CT molecular complexity index is 623. The van der Waals surface area contributed by atoms with Crippen LogP contribution in [0.5, 0.6) is 0 Å². The largest absolute Gasteiger partial charge is 0.480 e. The van der Waals surface area contributed by atoms with Crippen LogP contribution >= 0.6 is 0 Å². The number of rotatable bonds is 10. The molecule has 0 saturated heterocycles. The van der Waals surface area contributed by atoms with Gasteiger partial charge in [-0.1, -0.05) is 36.4 Å². The smallest absolute Gasteiger partial charge is 0.408 e. The van der Waals surface area contributed by atoms with Gasteiger partial charge in [-0.15, -0.1) is 6.58 Å². The van der Waals surface area contributed by atoms with E-state index >= 15 is 0 Å². The van der Waals surface area contributed by atoms with Crippen molar-refractivity contribution in [1.82, 2.24) is 5.32 Å². The standard InChI is InChI=1S/C21H31NO5/c1-6-7-13-21(5,26-15-16-11-9-8-10-12-16)14-17(18(23)24)22-19(25)27-20(2,3)4/h6,8-12,17H,1,7,13-15H2,2-5H3,(H,22,25)(H,23,24)/t17?,21-/m0/s1. The third-order valence-corrected chi connectivity index (χ3v) is 3.93. The molecule has 1 aromatic carbocycles. The molecule has 0 heterocycles. The maximum Gasteiger partial charge on any atom is 0.408 e. The van der Waals surface area contributed by atoms with Gasteiger partial charge >= 0.3 is 12.1 Å². The molecule has 0 aliphatic heterocycles. The third kappa shape index (κ3) is 9.24. The van der Waals surface area contributed by atoms with Crippen molar-refractivity contribution in [1.29, 1.82) is 0 Å². The van der Waals surface area contributed by atoms with Gasteiger partial charge in [0.2, 0.25) is 0 Å². The highest BCUT2D eigenvalue weighted by Crippen LogP contribution is 2.26. The van der Waals surface area contributed by atoms with Crippen LogP contribution in [0.4, 0.5) is 4.79 Å². The summed E-state index contributed by atoms with van der Waals surface area (Å²) < 4.78 is 11.3. The number of benzene rings is 1. The lowest BCUT2D eigenvalue weighted by molar-refractivity contribution is -0.142. The topological polar surface area (TPSA) is 84.9 Å². The van der Waals surface area contributed by atoms with E-state index in [0.717, 1.165) is 5.56 Å². The van der Waals surface area contributed by atoms with Crippen molar-refractivity contribution in [2.75, 3.05) is 0 Å². The average Bonchev–Trinajstić information content (AvgIpc) is 2.57. The molecule has 0 bridgehead atoms. The van der Waals surface area contributed by atoms with Crippen molar-refractivity contribution >= 4 is 12.1 Å². The summed E-state index contributed by atoms with van der Waals surface area (Å²) in [5, 5.41) is 12.0. The van der Waals surface area contributed by atoms with Crippen LogP contribution in [0.25, 0.3) is 0 Å². The third-order valence-electron chi connectivity index (χ3n) is 3.93. The normalized spacial score (nSPS) is 14.7. The zero-order chi connectivity index (χ0) is 20.5. The molecule has 0 aromatic heterocycles. The molecule has 1 unspecified atom stereocenters. The lowest BCUT2D eigenvalue weighted by Crippen LogP contribution is -2.48. The predicted octanol–water partition coefficient (Wildman–Crippen LogP) is 4.30. The van der Waals surface area contributed by atoms with E-state index in [1.807, 2.05) is 37.3 Å². The Morgan fingerprint density at radius 3 is 2.37 bits per heavy atom. The zero-order valence-corrected chi connectivity index (χ0v) is 16.7. The molecule has 2 atom stereocenters. The lowest BCUT2D eigenvalue weighted by Gasteiger charge is -2.33. The van der Waals surface area contributed by atoms with Crippen LogP contribution in [0.2, 0.25) is 0 Å². The number of ether oxygens (including phenoxy) is 2. The summed E-state index contributed by atoms with van der Waals surface area (Å²) in [5.41, 5.74) is -0.458. The first-order chi connectivity index (χ1) is 12.5. The molecule has 0 saturated carbocycles. The molecule has 1 aromatic rings. The van der Waals surface area contributed by atoms with Gasteiger partial charge in [0, 0.05) is 6.42 Å². The van der Waals surface area contributed by atoms with Gasteiger partial charge in [-0.2, -0.15) is 0 Å². The average molecular weight is 377 g/mol. The molecule has 0 fully saturated rings. The number of alkyl carbamates (subject to hydrolysis) is 1. The van der Waals surface area contributed by atoms with Crippen molar-refractivity contribution in [3.8, 4) is 0 Å². The Kier molecular flexibility index (Phi) is 8.50. The maximum atomic E-state index is 12.0. The molecular weight excluding hydrogens is 346 g/mol. The summed E-state index contributed by atoms with van der Waals surface area (Å²) in [5.74, 6) is -1.13. The molecule has 0 aliphatic carbocycles. The molecular formula is C21H31NO5. The number of allylic oxidation sites excluding steroid dienone is 1. The number of amides is 1. The van der Waals surface area contributed by atoms with Crippen LogP contribution < -0.4 is 5.32 Å².